The van der Waals surface area contributed by atoms with Crippen LogP contribution in [0.3, 0.4) is 0 Å². The molecule has 0 radical (unpaired) electrons. The fraction of sp³-hybridized carbons (Fsp3) is 0.213. The van der Waals surface area contributed by atoms with E-state index in [1.807, 2.05) is 0 Å². The number of fused-ring (bicyclic) bond motifs is 10. The van der Waals surface area contributed by atoms with E-state index < -0.39 is 0 Å². The molecule has 0 aliphatic heterocycles. The lowest BCUT2D eigenvalue weighted by Gasteiger charge is -2.54. The fourth-order valence-electron chi connectivity index (χ4n) is 11.5. The van der Waals surface area contributed by atoms with Gasteiger partial charge < -0.3 is 9.80 Å². The number of rotatable bonds is 6. The first-order valence-corrected chi connectivity index (χ1v) is 22.6. The van der Waals surface area contributed by atoms with Crippen molar-refractivity contribution in [2.24, 2.45) is 10.8 Å². The molecule has 2 heteroatoms. The van der Waals surface area contributed by atoms with Gasteiger partial charge in [0.25, 0.3) is 0 Å². The molecule has 63 heavy (non-hydrogen) atoms. The van der Waals surface area contributed by atoms with Crippen molar-refractivity contribution in [2.45, 2.75) is 74.7 Å². The Morgan fingerprint density at radius 3 is 1.17 bits per heavy atom. The van der Waals surface area contributed by atoms with Gasteiger partial charge in [-0.05, 0) is 166 Å². The highest BCUT2D eigenvalue weighted by Crippen LogP contribution is 2.68. The molecular formula is C61H58N2. The van der Waals surface area contributed by atoms with Gasteiger partial charge in [0.1, 0.15) is 0 Å². The summed E-state index contributed by atoms with van der Waals surface area (Å²) in [6.45, 7) is 23.5. The van der Waals surface area contributed by atoms with Crippen molar-refractivity contribution < 1.29 is 0 Å². The van der Waals surface area contributed by atoms with Crippen LogP contribution in [-0.4, -0.2) is 0 Å². The van der Waals surface area contributed by atoms with Crippen LogP contribution < -0.4 is 9.80 Å². The molecule has 2 nitrogen and oxygen atoms in total. The van der Waals surface area contributed by atoms with Gasteiger partial charge in [0.05, 0.1) is 0 Å². The minimum absolute atomic E-state index is 0.169. The summed E-state index contributed by atoms with van der Waals surface area (Å²) in [6.07, 6.45) is 0. The number of aryl methyl sites for hydroxylation is 4. The molecule has 312 valence electrons. The van der Waals surface area contributed by atoms with Crippen LogP contribution in [-0.2, 0) is 5.41 Å². The Kier molecular flexibility index (Phi) is 9.46. The van der Waals surface area contributed by atoms with E-state index in [1.165, 1.54) is 76.8 Å². The average molecular weight is 819 g/mol. The zero-order valence-electron chi connectivity index (χ0n) is 38.6. The second-order valence-electron chi connectivity index (χ2n) is 20.2. The summed E-state index contributed by atoms with van der Waals surface area (Å²) >= 11 is 0. The molecule has 10 rings (SSSR count). The highest BCUT2D eigenvalue weighted by molar-refractivity contribution is 6.20. The van der Waals surface area contributed by atoms with Crippen LogP contribution in [0.5, 0.6) is 0 Å². The van der Waals surface area contributed by atoms with E-state index in [1.54, 1.807) is 0 Å². The van der Waals surface area contributed by atoms with Crippen molar-refractivity contribution in [3.05, 3.63) is 203 Å². The molecule has 0 atom stereocenters. The Bertz CT molecular complexity index is 3090. The highest BCUT2D eigenvalue weighted by Gasteiger charge is 2.59. The smallest absolute Gasteiger partial charge is 0.0468 e. The van der Waals surface area contributed by atoms with E-state index in [2.05, 4.69) is 249 Å². The third-order valence-corrected chi connectivity index (χ3v) is 14.0. The van der Waals surface area contributed by atoms with Crippen LogP contribution in [0.15, 0.2) is 170 Å². The summed E-state index contributed by atoms with van der Waals surface area (Å²) in [5.74, 6) is 0. The standard InChI is InChI=1S/C61H58N2/c1-39-15-24-44(25-16-39)62(45-26-17-40(2)18-27-45)48-32-35-50-43(37-48)23-34-54-56-52-14-12-11-13-51(52)55-38-49(63(46-28-19-41(3)20-29-46)47-30-21-42(4)22-31-47)33-36-53(55)58(56)61(57(50)54,59(5,6)7)60(8,9)10/h11-38H,1-10H3. The van der Waals surface area contributed by atoms with Crippen molar-refractivity contribution in [2.75, 3.05) is 9.80 Å². The molecule has 0 bridgehead atoms. The maximum absolute atomic E-state index is 2.48. The number of nitrogens with zero attached hydrogens (tertiary/aromatic N) is 2. The van der Waals surface area contributed by atoms with Crippen molar-refractivity contribution in [1.82, 2.24) is 0 Å². The number of hydrogen-bond acceptors (Lipinski definition) is 2. The molecular weight excluding hydrogens is 761 g/mol. The molecule has 1 aliphatic rings. The third-order valence-electron chi connectivity index (χ3n) is 14.0. The summed E-state index contributed by atoms with van der Waals surface area (Å²) in [6, 6.07) is 64.1. The van der Waals surface area contributed by atoms with Crippen LogP contribution in [0.2, 0.25) is 0 Å². The molecule has 9 aromatic carbocycles. The van der Waals surface area contributed by atoms with Gasteiger partial charge in [0.2, 0.25) is 0 Å². The maximum Gasteiger partial charge on any atom is 0.0468 e. The number of hydrogen-bond donors (Lipinski definition) is 0. The molecule has 0 saturated carbocycles. The Balaban J connectivity index is 1.25. The Labute approximate surface area is 374 Å². The van der Waals surface area contributed by atoms with Gasteiger partial charge in [-0.3, -0.25) is 0 Å². The maximum atomic E-state index is 2.48. The van der Waals surface area contributed by atoms with E-state index in [9.17, 15) is 0 Å². The lowest BCUT2D eigenvalue weighted by Crippen LogP contribution is -2.50. The molecule has 9 aromatic rings. The lowest BCUT2D eigenvalue weighted by atomic mass is 9.49. The first kappa shape index (κ1) is 40.4. The van der Waals surface area contributed by atoms with Crippen molar-refractivity contribution in [3.63, 3.8) is 0 Å². The third kappa shape index (κ3) is 6.37. The van der Waals surface area contributed by atoms with E-state index in [4.69, 9.17) is 0 Å². The predicted molar refractivity (Wildman–Crippen MR) is 272 cm³/mol. The zero-order chi connectivity index (χ0) is 44.0. The van der Waals surface area contributed by atoms with Crippen molar-refractivity contribution in [1.29, 1.82) is 0 Å². The molecule has 0 saturated heterocycles. The van der Waals surface area contributed by atoms with Gasteiger partial charge in [0.15, 0.2) is 0 Å². The molecule has 0 aromatic heterocycles. The Morgan fingerprint density at radius 1 is 0.333 bits per heavy atom. The van der Waals surface area contributed by atoms with Crippen molar-refractivity contribution in [3.8, 4) is 11.1 Å². The molecule has 1 aliphatic carbocycles. The monoisotopic (exact) mass is 818 g/mol. The topological polar surface area (TPSA) is 6.48 Å². The minimum atomic E-state index is -0.364. The average Bonchev–Trinajstić information content (AvgIpc) is 3.61. The fourth-order valence-corrected chi connectivity index (χ4v) is 11.5. The highest BCUT2D eigenvalue weighted by atomic mass is 15.1. The van der Waals surface area contributed by atoms with Crippen LogP contribution in [0.4, 0.5) is 34.1 Å². The van der Waals surface area contributed by atoms with E-state index in [-0.39, 0.29) is 16.2 Å². The van der Waals surface area contributed by atoms with E-state index in [0.29, 0.717) is 0 Å². The molecule has 0 unspecified atom stereocenters. The largest absolute Gasteiger partial charge is 0.310 e. The Morgan fingerprint density at radius 2 is 0.730 bits per heavy atom. The van der Waals surface area contributed by atoms with Gasteiger partial charge in [-0.15, -0.1) is 0 Å². The minimum Gasteiger partial charge on any atom is -0.310 e. The van der Waals surface area contributed by atoms with Crippen LogP contribution in [0.25, 0.3) is 43.4 Å². The predicted octanol–water partition coefficient (Wildman–Crippen LogP) is 17.7. The van der Waals surface area contributed by atoms with Crippen molar-refractivity contribution >= 4 is 66.4 Å². The quantitative estimate of drug-likeness (QED) is 0.154. The second-order valence-corrected chi connectivity index (χ2v) is 20.2. The molecule has 0 amide bonds. The summed E-state index contributed by atoms with van der Waals surface area (Å²) in [5, 5.41) is 7.79. The van der Waals surface area contributed by atoms with Gasteiger partial charge >= 0.3 is 0 Å². The number of anilines is 6. The van der Waals surface area contributed by atoms with E-state index >= 15 is 0 Å². The van der Waals surface area contributed by atoms with Gasteiger partial charge in [0, 0.05) is 39.5 Å². The Hall–Kier alpha value is -6.64. The number of benzene rings is 9. The van der Waals surface area contributed by atoms with Gasteiger partial charge in [-0.1, -0.05) is 161 Å². The summed E-state index contributed by atoms with van der Waals surface area (Å²) in [5.41, 5.74) is 16.8. The SMILES string of the molecule is Cc1ccc(N(c2ccc(C)cc2)c2ccc3c4c(ccc3c2)-c2c(c3ccc(N(c5ccc(C)cc5)c5ccc(C)cc5)cc3c3ccccc23)C4(C(C)(C)C)C(C)(C)C)cc1. The first-order valence-electron chi connectivity index (χ1n) is 22.6. The summed E-state index contributed by atoms with van der Waals surface area (Å²) in [4.78, 5) is 4.81. The van der Waals surface area contributed by atoms with E-state index in [0.717, 1.165) is 34.1 Å². The molecule has 0 spiro atoms. The normalized spacial score (nSPS) is 13.4. The lowest BCUT2D eigenvalue weighted by molar-refractivity contribution is 0.0977. The van der Waals surface area contributed by atoms with Crippen LogP contribution in [0, 0.1) is 38.5 Å². The van der Waals surface area contributed by atoms with Gasteiger partial charge in [-0.2, -0.15) is 0 Å². The molecule has 0 N–H and O–H groups in total. The second kappa shape index (κ2) is 14.7. The summed E-state index contributed by atoms with van der Waals surface area (Å²) < 4.78 is 0. The zero-order valence-corrected chi connectivity index (χ0v) is 38.6. The van der Waals surface area contributed by atoms with Crippen LogP contribution in [0.1, 0.15) is 74.9 Å². The molecule has 0 heterocycles. The van der Waals surface area contributed by atoms with Gasteiger partial charge in [-0.25, -0.2) is 0 Å². The van der Waals surface area contributed by atoms with Crippen LogP contribution >= 0.6 is 0 Å². The summed E-state index contributed by atoms with van der Waals surface area (Å²) in [7, 11) is 0. The molecule has 0 fully saturated rings. The first-order chi connectivity index (χ1) is 30.2.